The van der Waals surface area contributed by atoms with Gasteiger partial charge in [-0.2, -0.15) is 0 Å². The molecule has 0 saturated heterocycles. The van der Waals surface area contributed by atoms with E-state index in [0.717, 1.165) is 36.9 Å². The first kappa shape index (κ1) is 21.8. The minimum Gasteiger partial charge on any atom is -0.481 e. The molecule has 1 aromatic heterocycles. The Balaban J connectivity index is 0.00000338. The molecule has 0 saturated carbocycles. The van der Waals surface area contributed by atoms with Crippen molar-refractivity contribution < 1.29 is 4.74 Å². The lowest BCUT2D eigenvalue weighted by atomic mass is 10.1. The maximum absolute atomic E-state index is 5.37. The second-order valence-corrected chi connectivity index (χ2v) is 5.33. The molecule has 0 amide bonds. The van der Waals surface area contributed by atoms with Crippen LogP contribution in [0.4, 0.5) is 0 Å². The van der Waals surface area contributed by atoms with Crippen molar-refractivity contribution in [3.63, 3.8) is 0 Å². The number of aromatic nitrogens is 1. The molecular formula is C20H25IN4O. The zero-order chi connectivity index (χ0) is 17.7. The van der Waals surface area contributed by atoms with Gasteiger partial charge < -0.3 is 15.4 Å². The maximum atomic E-state index is 5.37. The lowest BCUT2D eigenvalue weighted by Gasteiger charge is -2.11. The van der Waals surface area contributed by atoms with Crippen molar-refractivity contribution in [1.82, 2.24) is 15.6 Å². The molecule has 26 heavy (non-hydrogen) atoms. The van der Waals surface area contributed by atoms with Gasteiger partial charge in [-0.15, -0.1) is 30.4 Å². The Morgan fingerprint density at radius 2 is 2.00 bits per heavy atom. The molecule has 1 heterocycles. The highest BCUT2D eigenvalue weighted by atomic mass is 127. The Morgan fingerprint density at radius 3 is 2.65 bits per heavy atom. The first-order valence-corrected chi connectivity index (χ1v) is 8.39. The van der Waals surface area contributed by atoms with Gasteiger partial charge in [-0.05, 0) is 43.2 Å². The number of ether oxygens (including phenoxy) is 1. The molecule has 0 spiro atoms. The quantitative estimate of drug-likeness (QED) is 0.273. The molecule has 0 aliphatic rings. The number of halogens is 1. The van der Waals surface area contributed by atoms with Gasteiger partial charge in [-0.3, -0.25) is 4.98 Å². The summed E-state index contributed by atoms with van der Waals surface area (Å²) in [5.74, 6) is 4.04. The Bertz CT molecular complexity index is 696. The van der Waals surface area contributed by atoms with Crippen molar-refractivity contribution in [2.24, 2.45) is 4.99 Å². The van der Waals surface area contributed by atoms with E-state index in [0.29, 0.717) is 13.2 Å². The topological polar surface area (TPSA) is 58.5 Å². The summed E-state index contributed by atoms with van der Waals surface area (Å²) in [5.41, 5.74) is 2.17. The number of nitrogens with one attached hydrogen (secondary N) is 2. The van der Waals surface area contributed by atoms with Crippen LogP contribution in [0.5, 0.6) is 5.75 Å². The molecule has 5 nitrogen and oxygen atoms in total. The van der Waals surface area contributed by atoms with E-state index in [1.54, 1.807) is 6.20 Å². The van der Waals surface area contributed by atoms with Crippen LogP contribution in [0.25, 0.3) is 0 Å². The monoisotopic (exact) mass is 464 g/mol. The van der Waals surface area contributed by atoms with Crippen molar-refractivity contribution in [3.05, 3.63) is 59.9 Å². The van der Waals surface area contributed by atoms with Crippen molar-refractivity contribution in [3.8, 4) is 18.1 Å². The normalized spacial score (nSPS) is 10.4. The average Bonchev–Trinajstić information content (AvgIpc) is 2.66. The molecule has 2 aromatic rings. The molecule has 2 rings (SSSR count). The molecule has 0 aliphatic heterocycles. The summed E-state index contributed by atoms with van der Waals surface area (Å²) in [6.45, 7) is 4.50. The highest BCUT2D eigenvalue weighted by Gasteiger charge is 1.99. The number of benzene rings is 1. The van der Waals surface area contributed by atoms with Gasteiger partial charge in [-0.1, -0.05) is 24.1 Å². The summed E-state index contributed by atoms with van der Waals surface area (Å²) in [7, 11) is 0. The van der Waals surface area contributed by atoms with Crippen LogP contribution in [-0.2, 0) is 13.0 Å². The highest BCUT2D eigenvalue weighted by molar-refractivity contribution is 14.0. The van der Waals surface area contributed by atoms with Crippen LogP contribution in [-0.4, -0.2) is 30.6 Å². The molecule has 2 N–H and O–H groups in total. The molecule has 0 aliphatic carbocycles. The lowest BCUT2D eigenvalue weighted by Crippen LogP contribution is -2.38. The van der Waals surface area contributed by atoms with E-state index in [1.165, 1.54) is 5.56 Å². The molecule has 6 heteroatoms. The molecule has 0 unspecified atom stereocenters. The van der Waals surface area contributed by atoms with Gasteiger partial charge in [0.25, 0.3) is 0 Å². The SMILES string of the molecule is C#CCOc1ccc(CCNC(=NCc2ccccn2)NCC)cc1.I. The van der Waals surface area contributed by atoms with Crippen LogP contribution in [0.1, 0.15) is 18.2 Å². The average molecular weight is 464 g/mol. The van der Waals surface area contributed by atoms with Crippen LogP contribution in [0, 0.1) is 12.3 Å². The first-order valence-electron chi connectivity index (χ1n) is 8.39. The Labute approximate surface area is 172 Å². The molecule has 138 valence electrons. The summed E-state index contributed by atoms with van der Waals surface area (Å²) >= 11 is 0. The predicted molar refractivity (Wildman–Crippen MR) is 117 cm³/mol. The van der Waals surface area contributed by atoms with Gasteiger partial charge in [0.2, 0.25) is 0 Å². The molecule has 1 aromatic carbocycles. The number of aliphatic imine (C=N–C) groups is 1. The number of guanidine groups is 1. The molecule has 0 fully saturated rings. The standard InChI is InChI=1S/C20H24N4O.HI/c1-3-15-25-19-10-8-17(9-11-19)12-14-23-20(21-4-2)24-16-18-7-5-6-13-22-18;/h1,5-11,13H,4,12,14-16H2,2H3,(H2,21,23,24);1H. The van der Waals surface area contributed by atoms with Crippen molar-refractivity contribution in [2.45, 2.75) is 19.9 Å². The second-order valence-electron chi connectivity index (χ2n) is 5.33. The minimum absolute atomic E-state index is 0. The Kier molecular flexibility index (Phi) is 10.9. The highest BCUT2D eigenvalue weighted by Crippen LogP contribution is 2.12. The number of pyridine rings is 1. The van der Waals surface area contributed by atoms with E-state index in [9.17, 15) is 0 Å². The molecular weight excluding hydrogens is 439 g/mol. The molecule has 0 atom stereocenters. The maximum Gasteiger partial charge on any atom is 0.191 e. The number of nitrogens with zero attached hydrogens (tertiary/aromatic N) is 2. The van der Waals surface area contributed by atoms with E-state index in [4.69, 9.17) is 11.2 Å². The summed E-state index contributed by atoms with van der Waals surface area (Å²) in [6.07, 6.45) is 7.85. The fourth-order valence-corrected chi connectivity index (χ4v) is 2.20. The number of hydrogen-bond acceptors (Lipinski definition) is 3. The van der Waals surface area contributed by atoms with E-state index >= 15 is 0 Å². The van der Waals surface area contributed by atoms with Crippen LogP contribution in [0.15, 0.2) is 53.7 Å². The predicted octanol–water partition coefficient (Wildman–Crippen LogP) is 3.01. The Morgan fingerprint density at radius 1 is 1.19 bits per heavy atom. The van der Waals surface area contributed by atoms with Crippen molar-refractivity contribution in [1.29, 1.82) is 0 Å². The van der Waals surface area contributed by atoms with Gasteiger partial charge in [0.1, 0.15) is 12.4 Å². The Hall–Kier alpha value is -2.27. The second kappa shape index (κ2) is 13.0. The van der Waals surface area contributed by atoms with E-state index in [-0.39, 0.29) is 24.0 Å². The third-order valence-electron chi connectivity index (χ3n) is 3.42. The fraction of sp³-hybridized carbons (Fsp3) is 0.300. The van der Waals surface area contributed by atoms with Crippen LogP contribution in [0.2, 0.25) is 0 Å². The zero-order valence-corrected chi connectivity index (χ0v) is 17.3. The number of hydrogen-bond donors (Lipinski definition) is 2. The summed E-state index contributed by atoms with van der Waals surface area (Å²) in [5, 5.41) is 6.59. The van der Waals surface area contributed by atoms with Gasteiger partial charge in [0.05, 0.1) is 12.2 Å². The third-order valence-corrected chi connectivity index (χ3v) is 3.42. The largest absolute Gasteiger partial charge is 0.481 e. The van der Waals surface area contributed by atoms with Crippen molar-refractivity contribution >= 4 is 29.9 Å². The van der Waals surface area contributed by atoms with Gasteiger partial charge in [0, 0.05) is 19.3 Å². The first-order chi connectivity index (χ1) is 12.3. The summed E-state index contributed by atoms with van der Waals surface area (Å²) in [4.78, 5) is 8.84. The van der Waals surface area contributed by atoms with E-state index in [1.807, 2.05) is 49.4 Å². The van der Waals surface area contributed by atoms with E-state index < -0.39 is 0 Å². The third kappa shape index (κ3) is 8.21. The van der Waals surface area contributed by atoms with Gasteiger partial charge in [-0.25, -0.2) is 4.99 Å². The summed E-state index contributed by atoms with van der Waals surface area (Å²) in [6, 6.07) is 13.8. The minimum atomic E-state index is 0. The molecule has 0 bridgehead atoms. The van der Waals surface area contributed by atoms with E-state index in [2.05, 4.69) is 26.5 Å². The zero-order valence-electron chi connectivity index (χ0n) is 14.9. The number of rotatable bonds is 8. The number of terminal acetylenes is 1. The fourth-order valence-electron chi connectivity index (χ4n) is 2.20. The smallest absolute Gasteiger partial charge is 0.191 e. The van der Waals surface area contributed by atoms with Crippen LogP contribution >= 0.6 is 24.0 Å². The van der Waals surface area contributed by atoms with Crippen LogP contribution in [0.3, 0.4) is 0 Å². The van der Waals surface area contributed by atoms with Crippen molar-refractivity contribution in [2.75, 3.05) is 19.7 Å². The lowest BCUT2D eigenvalue weighted by molar-refractivity contribution is 0.370. The van der Waals surface area contributed by atoms with Gasteiger partial charge in [0.15, 0.2) is 5.96 Å². The molecule has 0 radical (unpaired) electrons. The summed E-state index contributed by atoms with van der Waals surface area (Å²) < 4.78 is 5.37. The van der Waals surface area contributed by atoms with Crippen LogP contribution < -0.4 is 15.4 Å². The van der Waals surface area contributed by atoms with Gasteiger partial charge >= 0.3 is 0 Å².